The van der Waals surface area contributed by atoms with Gasteiger partial charge in [0.2, 0.25) is 0 Å². The molecule has 2 saturated heterocycles. The third kappa shape index (κ3) is 6.46. The van der Waals surface area contributed by atoms with Crippen molar-refractivity contribution in [3.8, 4) is 0 Å². The van der Waals surface area contributed by atoms with E-state index in [-0.39, 0.29) is 31.4 Å². The number of aliphatic hydroxyl groups excluding tert-OH is 2. The molecule has 5 rings (SSSR count). The van der Waals surface area contributed by atoms with Gasteiger partial charge in [0.1, 0.15) is 23.7 Å². The van der Waals surface area contributed by atoms with E-state index in [9.17, 15) is 19.8 Å². The summed E-state index contributed by atoms with van der Waals surface area (Å²) in [5.41, 5.74) is 2.41. The molecule has 10 nitrogen and oxygen atoms in total. The van der Waals surface area contributed by atoms with Gasteiger partial charge < -0.3 is 19.8 Å². The van der Waals surface area contributed by atoms with Gasteiger partial charge in [-0.05, 0) is 69.0 Å². The summed E-state index contributed by atoms with van der Waals surface area (Å²) < 4.78 is 5.60. The highest BCUT2D eigenvalue weighted by atomic mass is 16.5. The molecule has 0 aliphatic carbocycles. The predicted octanol–water partition coefficient (Wildman–Crippen LogP) is 2.52. The normalized spacial score (nSPS) is 23.5. The van der Waals surface area contributed by atoms with E-state index in [2.05, 4.69) is 32.4 Å². The number of hydrogen-bond donors (Lipinski definition) is 3. The van der Waals surface area contributed by atoms with Gasteiger partial charge in [-0.15, -0.1) is 0 Å². The second-order valence-corrected chi connectivity index (χ2v) is 10.8. The van der Waals surface area contributed by atoms with Gasteiger partial charge in [-0.2, -0.15) is 15.4 Å². The third-order valence-corrected chi connectivity index (χ3v) is 8.20. The number of ether oxygens (including phenoxy) is 1. The van der Waals surface area contributed by atoms with Crippen molar-refractivity contribution in [2.75, 3.05) is 32.8 Å². The van der Waals surface area contributed by atoms with E-state index in [1.807, 2.05) is 18.2 Å². The molecule has 3 N–H and O–H groups in total. The first kappa shape index (κ1) is 27.2. The molecule has 2 aliphatic heterocycles. The smallest absolute Gasteiger partial charge is 0.312 e. The van der Waals surface area contributed by atoms with Crippen LogP contribution >= 0.6 is 0 Å². The molecule has 39 heavy (non-hydrogen) atoms. The maximum atomic E-state index is 13.4. The number of amides is 1. The molecule has 2 aliphatic rings. The van der Waals surface area contributed by atoms with Crippen LogP contribution < -0.4 is 0 Å². The average Bonchev–Trinajstić information content (AvgIpc) is 3.44. The summed E-state index contributed by atoms with van der Waals surface area (Å²) >= 11 is 0. The minimum Gasteiger partial charge on any atom is -0.462 e. The number of benzene rings is 2. The van der Waals surface area contributed by atoms with E-state index in [0.29, 0.717) is 42.4 Å². The molecule has 3 aromatic rings. The number of rotatable bonds is 3. The Bertz CT molecular complexity index is 1260. The van der Waals surface area contributed by atoms with Crippen molar-refractivity contribution < 1.29 is 24.5 Å². The minimum absolute atomic E-state index is 0.160. The quantitative estimate of drug-likeness (QED) is 0.436. The van der Waals surface area contributed by atoms with Crippen LogP contribution in [0.5, 0.6) is 0 Å². The van der Waals surface area contributed by atoms with Crippen molar-refractivity contribution in [3.63, 3.8) is 0 Å². The molecule has 1 aromatic heterocycles. The lowest BCUT2D eigenvalue weighted by Crippen LogP contribution is -2.45. The van der Waals surface area contributed by atoms with Gasteiger partial charge in [0.25, 0.3) is 5.91 Å². The fourth-order valence-electron chi connectivity index (χ4n) is 5.68. The number of esters is 1. The maximum absolute atomic E-state index is 13.4. The number of carbonyl (C=O) groups excluding carboxylic acids is 2. The number of aromatic nitrogens is 3. The van der Waals surface area contributed by atoms with Gasteiger partial charge in [0.05, 0.1) is 11.5 Å². The maximum Gasteiger partial charge on any atom is 0.312 e. The second-order valence-electron chi connectivity index (χ2n) is 10.8. The number of hydrogen-bond acceptors (Lipinski definition) is 8. The largest absolute Gasteiger partial charge is 0.462 e. The molecule has 0 bridgehead atoms. The van der Waals surface area contributed by atoms with Gasteiger partial charge in [-0.1, -0.05) is 36.8 Å². The Morgan fingerprint density at radius 3 is 2.51 bits per heavy atom. The molecule has 0 saturated carbocycles. The first-order valence-corrected chi connectivity index (χ1v) is 13.8. The van der Waals surface area contributed by atoms with Gasteiger partial charge in [-0.3, -0.25) is 14.5 Å². The number of aliphatic hydroxyl groups is 2. The zero-order valence-corrected chi connectivity index (χ0v) is 22.2. The lowest BCUT2D eigenvalue weighted by atomic mass is 9.74. The number of aromatic amines is 1. The van der Waals surface area contributed by atoms with E-state index in [4.69, 9.17) is 4.74 Å². The summed E-state index contributed by atoms with van der Waals surface area (Å²) in [5.74, 6) is -0.450. The highest BCUT2D eigenvalue weighted by molar-refractivity contribution is 5.97. The Labute approximate surface area is 227 Å². The number of cyclic esters (lactones) is 1. The number of nitrogens with one attached hydrogen (secondary N) is 1. The van der Waals surface area contributed by atoms with Crippen molar-refractivity contribution in [1.29, 1.82) is 0 Å². The molecule has 0 radical (unpaired) electrons. The highest BCUT2D eigenvalue weighted by Gasteiger charge is 2.42. The number of carbonyl (C=O) groups is 2. The molecular formula is C29H37N5O5. The van der Waals surface area contributed by atoms with Crippen LogP contribution in [0.2, 0.25) is 0 Å². The summed E-state index contributed by atoms with van der Waals surface area (Å²) in [6.45, 7) is 2.92. The molecule has 1 amide bonds. The molecule has 3 heterocycles. The standard InChI is InChI=1S/C29H37N5O5/c35-25-10-15-34(27(37)22-8-9-23-24(18-22)31-32-30-23)14-5-4-11-29(28(38)39-20-26(25)36)12-16-33(17-13-29)19-21-6-2-1-3-7-21/h1-3,6-9,18,25-26,35-36H,4-5,10-17,19-20H2,(H,30,31,32)/t25-,26+/m0/s1. The number of fused-ring (bicyclic) bond motifs is 1. The van der Waals surface area contributed by atoms with Crippen LogP contribution in [-0.4, -0.2) is 92.3 Å². The van der Waals surface area contributed by atoms with Crippen LogP contribution in [0.4, 0.5) is 0 Å². The monoisotopic (exact) mass is 535 g/mol. The summed E-state index contributed by atoms with van der Waals surface area (Å²) in [6, 6.07) is 15.5. The molecule has 10 heteroatoms. The van der Waals surface area contributed by atoms with Gasteiger partial charge in [0.15, 0.2) is 0 Å². The summed E-state index contributed by atoms with van der Waals surface area (Å²) in [5, 5.41) is 31.8. The molecule has 2 atom stereocenters. The topological polar surface area (TPSA) is 132 Å². The molecule has 2 fully saturated rings. The van der Waals surface area contributed by atoms with Gasteiger partial charge >= 0.3 is 5.97 Å². The van der Waals surface area contributed by atoms with Gasteiger partial charge in [0, 0.05) is 25.2 Å². The van der Waals surface area contributed by atoms with E-state index in [1.165, 1.54) is 5.56 Å². The first-order valence-electron chi connectivity index (χ1n) is 13.8. The van der Waals surface area contributed by atoms with Crippen LogP contribution in [0.3, 0.4) is 0 Å². The van der Waals surface area contributed by atoms with Crippen molar-refractivity contribution in [1.82, 2.24) is 25.2 Å². The number of H-pyrrole nitrogens is 1. The van der Waals surface area contributed by atoms with Crippen LogP contribution in [0.15, 0.2) is 48.5 Å². The fraction of sp³-hybridized carbons (Fsp3) is 0.517. The van der Waals surface area contributed by atoms with E-state index < -0.39 is 17.6 Å². The SMILES string of the molecule is O=C(c1ccc2n[nH]nc2c1)N1CCCCC2(CCN(Cc3ccccc3)CC2)C(=O)OC[C@@H](O)[C@@H](O)CC1. The van der Waals surface area contributed by atoms with Crippen molar-refractivity contribution >= 4 is 22.9 Å². The zero-order chi connectivity index (χ0) is 27.2. The third-order valence-electron chi connectivity index (χ3n) is 8.20. The van der Waals surface area contributed by atoms with Crippen molar-refractivity contribution in [2.24, 2.45) is 5.41 Å². The number of piperidine rings is 1. The molecule has 0 unspecified atom stereocenters. The van der Waals surface area contributed by atoms with Crippen LogP contribution in [0.1, 0.15) is 54.4 Å². The summed E-state index contributed by atoms with van der Waals surface area (Å²) in [4.78, 5) is 30.8. The summed E-state index contributed by atoms with van der Waals surface area (Å²) in [7, 11) is 0. The zero-order valence-electron chi connectivity index (χ0n) is 22.2. The number of likely N-dealkylation sites (tertiary alicyclic amines) is 1. The van der Waals surface area contributed by atoms with Crippen LogP contribution in [-0.2, 0) is 16.1 Å². The van der Waals surface area contributed by atoms with Crippen LogP contribution in [0, 0.1) is 5.41 Å². The predicted molar refractivity (Wildman–Crippen MR) is 145 cm³/mol. The highest BCUT2D eigenvalue weighted by Crippen LogP contribution is 2.38. The van der Waals surface area contributed by atoms with Crippen molar-refractivity contribution in [3.05, 3.63) is 59.7 Å². The Hall–Kier alpha value is -3.34. The molecular weight excluding hydrogens is 498 g/mol. The van der Waals surface area contributed by atoms with Crippen LogP contribution in [0.25, 0.3) is 11.0 Å². The Morgan fingerprint density at radius 1 is 0.949 bits per heavy atom. The van der Waals surface area contributed by atoms with Gasteiger partial charge in [-0.25, -0.2) is 0 Å². The average molecular weight is 536 g/mol. The molecule has 208 valence electrons. The van der Waals surface area contributed by atoms with Crippen molar-refractivity contribution in [2.45, 2.75) is 57.3 Å². The Morgan fingerprint density at radius 2 is 1.72 bits per heavy atom. The first-order chi connectivity index (χ1) is 18.9. The lowest BCUT2D eigenvalue weighted by molar-refractivity contribution is -0.165. The summed E-state index contributed by atoms with van der Waals surface area (Å²) in [6.07, 6.45) is 1.36. The lowest BCUT2D eigenvalue weighted by Gasteiger charge is -2.40. The Kier molecular flexibility index (Phi) is 8.54. The number of nitrogens with zero attached hydrogens (tertiary/aromatic N) is 4. The Balaban J connectivity index is 1.27. The minimum atomic E-state index is -1.21. The van der Waals surface area contributed by atoms with E-state index >= 15 is 0 Å². The van der Waals surface area contributed by atoms with E-state index in [1.54, 1.807) is 23.1 Å². The molecule has 1 spiro atoms. The second kappa shape index (κ2) is 12.2. The van der Waals surface area contributed by atoms with E-state index in [0.717, 1.165) is 32.5 Å². The fourth-order valence-corrected chi connectivity index (χ4v) is 5.68. The molecule has 2 aromatic carbocycles.